The molecule has 0 heterocycles. The third-order valence-corrected chi connectivity index (χ3v) is 5.87. The molecule has 2 N–H and O–H groups in total. The first-order valence-corrected chi connectivity index (χ1v) is 12.2. The predicted molar refractivity (Wildman–Crippen MR) is 122 cm³/mol. The van der Waals surface area contributed by atoms with Gasteiger partial charge in [-0.15, -0.1) is 0 Å². The van der Waals surface area contributed by atoms with Gasteiger partial charge in [0.15, 0.2) is 9.84 Å². The van der Waals surface area contributed by atoms with Crippen LogP contribution in [-0.4, -0.2) is 20.6 Å². The minimum atomic E-state index is -3.27. The fraction of sp³-hybridized carbons (Fsp3) is 0.136. The highest BCUT2D eigenvalue weighted by Crippen LogP contribution is 2.31. The van der Waals surface area contributed by atoms with Crippen molar-refractivity contribution in [3.05, 3.63) is 92.1 Å². The van der Waals surface area contributed by atoms with E-state index in [1.54, 1.807) is 30.3 Å². The van der Waals surface area contributed by atoms with Gasteiger partial charge >= 0.3 is 0 Å². The van der Waals surface area contributed by atoms with Crippen molar-refractivity contribution in [3.8, 4) is 11.5 Å². The van der Waals surface area contributed by atoms with E-state index in [0.29, 0.717) is 9.13 Å². The van der Waals surface area contributed by atoms with Crippen molar-refractivity contribution in [1.29, 1.82) is 0 Å². The molecule has 0 bridgehead atoms. The molecule has 0 unspecified atom stereocenters. The van der Waals surface area contributed by atoms with E-state index < -0.39 is 27.4 Å². The van der Waals surface area contributed by atoms with E-state index in [9.17, 15) is 22.0 Å². The Morgan fingerprint density at radius 3 is 2.45 bits per heavy atom. The van der Waals surface area contributed by atoms with Crippen LogP contribution in [0.25, 0.3) is 0 Å². The van der Waals surface area contributed by atoms with Crippen LogP contribution in [0.4, 0.5) is 8.78 Å². The average molecular weight is 557 g/mol. The fourth-order valence-electron chi connectivity index (χ4n) is 3.13. The number of benzene rings is 3. The lowest BCUT2D eigenvalue weighted by atomic mass is 9.98. The van der Waals surface area contributed by atoms with Crippen LogP contribution in [0.3, 0.4) is 0 Å². The van der Waals surface area contributed by atoms with Crippen LogP contribution in [0.5, 0.6) is 11.5 Å². The molecule has 162 valence electrons. The first kappa shape index (κ1) is 23.1. The van der Waals surface area contributed by atoms with Crippen LogP contribution in [0.15, 0.2) is 54.6 Å². The number of halogens is 3. The number of amides is 1. The summed E-state index contributed by atoms with van der Waals surface area (Å²) in [5, 5.41) is 0. The van der Waals surface area contributed by atoms with Crippen molar-refractivity contribution in [2.45, 2.75) is 12.2 Å². The summed E-state index contributed by atoms with van der Waals surface area (Å²) in [5.41, 5.74) is 6.38. The molecule has 3 aromatic carbocycles. The van der Waals surface area contributed by atoms with Crippen LogP contribution in [0.1, 0.15) is 27.0 Å². The van der Waals surface area contributed by atoms with Gasteiger partial charge in [0.05, 0.1) is 11.3 Å². The van der Waals surface area contributed by atoms with Gasteiger partial charge in [-0.05, 0) is 69.6 Å². The molecule has 1 amide bonds. The molecule has 3 aromatic rings. The van der Waals surface area contributed by atoms with Crippen LogP contribution in [0, 0.1) is 15.2 Å². The van der Waals surface area contributed by atoms with E-state index >= 15 is 0 Å². The predicted octanol–water partition coefficient (Wildman–Crippen LogP) is 4.60. The fourth-order valence-corrected chi connectivity index (χ4v) is 4.37. The lowest BCUT2D eigenvalue weighted by Gasteiger charge is -2.15. The van der Waals surface area contributed by atoms with Gasteiger partial charge in [-0.25, -0.2) is 17.2 Å². The van der Waals surface area contributed by atoms with Crippen LogP contribution in [0.2, 0.25) is 0 Å². The maximum atomic E-state index is 14.3. The summed E-state index contributed by atoms with van der Waals surface area (Å²) in [5.74, 6) is -2.16. The quantitative estimate of drug-likeness (QED) is 0.431. The molecule has 0 radical (unpaired) electrons. The molecule has 0 spiro atoms. The van der Waals surface area contributed by atoms with Crippen molar-refractivity contribution in [1.82, 2.24) is 0 Å². The zero-order valence-corrected chi connectivity index (χ0v) is 19.3. The molecule has 3 rings (SSSR count). The lowest BCUT2D eigenvalue weighted by Crippen LogP contribution is -2.16. The van der Waals surface area contributed by atoms with Crippen molar-refractivity contribution in [2.24, 2.45) is 5.73 Å². The largest absolute Gasteiger partial charge is 0.456 e. The van der Waals surface area contributed by atoms with Crippen LogP contribution in [-0.2, 0) is 22.0 Å². The van der Waals surface area contributed by atoms with E-state index in [0.717, 1.165) is 18.4 Å². The number of hydrogen-bond acceptors (Lipinski definition) is 4. The molecular weight excluding hydrogens is 539 g/mol. The molecule has 31 heavy (non-hydrogen) atoms. The topological polar surface area (TPSA) is 86.5 Å². The monoisotopic (exact) mass is 557 g/mol. The Hall–Kier alpha value is -2.53. The van der Waals surface area contributed by atoms with E-state index in [-0.39, 0.29) is 40.4 Å². The number of hydrogen-bond donors (Lipinski definition) is 1. The second kappa shape index (κ2) is 9.31. The third kappa shape index (κ3) is 6.23. The second-order valence-electron chi connectivity index (χ2n) is 7.03. The molecule has 0 aromatic heterocycles. The SMILES string of the molecule is CS(=O)(=O)Cc1cccc(Oc2cc(F)cc(Cc3ccc(I)cc3F)c2C(N)=O)c1. The van der Waals surface area contributed by atoms with Gasteiger partial charge in [-0.1, -0.05) is 18.2 Å². The Morgan fingerprint density at radius 2 is 1.81 bits per heavy atom. The Balaban J connectivity index is 2.01. The Labute approximate surface area is 192 Å². The number of carbonyl (C=O) groups excluding carboxylic acids is 1. The van der Waals surface area contributed by atoms with E-state index in [2.05, 4.69) is 0 Å². The molecule has 0 fully saturated rings. The summed E-state index contributed by atoms with van der Waals surface area (Å²) >= 11 is 1.97. The van der Waals surface area contributed by atoms with Gasteiger partial charge in [0, 0.05) is 22.3 Å². The van der Waals surface area contributed by atoms with Crippen LogP contribution < -0.4 is 10.5 Å². The standard InChI is InChI=1S/C22H18F2INO4S/c1-31(28,29)12-13-3-2-4-18(7-13)30-20-10-16(23)9-15(21(20)22(26)27)8-14-5-6-17(25)11-19(14)24/h2-7,9-11H,8,12H2,1H3,(H2,26,27). The van der Waals surface area contributed by atoms with Gasteiger partial charge in [0.2, 0.25) is 0 Å². The maximum Gasteiger partial charge on any atom is 0.252 e. The molecular formula is C22H18F2INO4S. The summed E-state index contributed by atoms with van der Waals surface area (Å²) in [4.78, 5) is 12.2. The van der Waals surface area contributed by atoms with Gasteiger partial charge in [-0.2, -0.15) is 0 Å². The first-order chi connectivity index (χ1) is 14.5. The summed E-state index contributed by atoms with van der Waals surface area (Å²) < 4.78 is 58.1. The molecule has 0 atom stereocenters. The van der Waals surface area contributed by atoms with Crippen molar-refractivity contribution in [2.75, 3.05) is 6.26 Å². The van der Waals surface area contributed by atoms with Gasteiger partial charge in [-0.3, -0.25) is 4.79 Å². The highest BCUT2D eigenvalue weighted by atomic mass is 127. The molecule has 5 nitrogen and oxygen atoms in total. The minimum absolute atomic E-state index is 0.0662. The smallest absolute Gasteiger partial charge is 0.252 e. The number of sulfone groups is 1. The molecule has 9 heteroatoms. The molecule has 0 aliphatic heterocycles. The zero-order valence-electron chi connectivity index (χ0n) is 16.4. The normalized spacial score (nSPS) is 11.4. The molecule has 0 aliphatic rings. The number of rotatable bonds is 7. The van der Waals surface area contributed by atoms with Crippen LogP contribution >= 0.6 is 22.6 Å². The number of ether oxygens (including phenoxy) is 1. The van der Waals surface area contributed by atoms with E-state index in [4.69, 9.17) is 10.5 Å². The molecule has 0 saturated carbocycles. The first-order valence-electron chi connectivity index (χ1n) is 9.02. The average Bonchev–Trinajstić information content (AvgIpc) is 2.62. The number of primary amides is 1. The second-order valence-corrected chi connectivity index (χ2v) is 10.4. The number of nitrogens with two attached hydrogens (primary N) is 1. The zero-order chi connectivity index (χ0) is 22.8. The summed E-state index contributed by atoms with van der Waals surface area (Å²) in [6.07, 6.45) is 1.04. The summed E-state index contributed by atoms with van der Waals surface area (Å²) in [6, 6.07) is 12.9. The highest BCUT2D eigenvalue weighted by Gasteiger charge is 2.20. The Kier molecular flexibility index (Phi) is 6.95. The van der Waals surface area contributed by atoms with E-state index in [1.807, 2.05) is 22.6 Å². The van der Waals surface area contributed by atoms with E-state index in [1.165, 1.54) is 12.1 Å². The van der Waals surface area contributed by atoms with Crippen molar-refractivity contribution < 1.29 is 26.7 Å². The van der Waals surface area contributed by atoms with Gasteiger partial charge in [0.25, 0.3) is 5.91 Å². The minimum Gasteiger partial charge on any atom is -0.456 e. The molecule has 0 aliphatic carbocycles. The van der Waals surface area contributed by atoms with Crippen molar-refractivity contribution in [3.63, 3.8) is 0 Å². The Morgan fingerprint density at radius 1 is 1.06 bits per heavy atom. The van der Waals surface area contributed by atoms with Gasteiger partial charge in [0.1, 0.15) is 23.1 Å². The van der Waals surface area contributed by atoms with Gasteiger partial charge < -0.3 is 10.5 Å². The maximum absolute atomic E-state index is 14.3. The number of carbonyl (C=O) groups is 1. The Bertz CT molecular complexity index is 1260. The third-order valence-electron chi connectivity index (χ3n) is 4.35. The lowest BCUT2D eigenvalue weighted by molar-refractivity contribution is 0.0997. The van der Waals surface area contributed by atoms with Crippen molar-refractivity contribution >= 4 is 38.3 Å². The highest BCUT2D eigenvalue weighted by molar-refractivity contribution is 14.1. The summed E-state index contributed by atoms with van der Waals surface area (Å²) in [6.45, 7) is 0. The summed E-state index contributed by atoms with van der Waals surface area (Å²) in [7, 11) is -3.27. The molecule has 0 saturated heterocycles.